The highest BCUT2D eigenvalue weighted by Crippen LogP contribution is 2.24. The molecule has 2 aliphatic heterocycles. The number of hydrogen-bond acceptors (Lipinski definition) is 12. The molecule has 3 N–H and O–H groups in total. The first-order valence-electron chi connectivity index (χ1n) is 17.4. The molecule has 2 atom stereocenters. The quantitative estimate of drug-likeness (QED) is 0.209. The third-order valence-electron chi connectivity index (χ3n) is 9.00. The second kappa shape index (κ2) is 17.6. The van der Waals surface area contributed by atoms with Gasteiger partial charge in [-0.3, -0.25) is 19.2 Å². The number of para-hydroxylation sites is 1. The molecule has 1 aromatic heterocycles. The highest BCUT2D eigenvalue weighted by atomic mass is 32.2. The predicted molar refractivity (Wildman–Crippen MR) is 185 cm³/mol. The van der Waals surface area contributed by atoms with Gasteiger partial charge in [0.15, 0.2) is 12.3 Å². The smallest absolute Gasteiger partial charge is 0.467 e. The summed E-state index contributed by atoms with van der Waals surface area (Å²) in [6.07, 6.45) is 4.27. The molecule has 5 rings (SSSR count). The van der Waals surface area contributed by atoms with Crippen LogP contribution in [-0.4, -0.2) is 140 Å². The number of nitrogens with one attached hydrogen (secondary N) is 3. The molecule has 18 nitrogen and oxygen atoms in total. The average molecular weight is 747 g/mol. The van der Waals surface area contributed by atoms with Gasteiger partial charge in [-0.25, -0.2) is 22.6 Å². The summed E-state index contributed by atoms with van der Waals surface area (Å²) in [6.45, 7) is 2.40. The lowest BCUT2D eigenvalue weighted by Crippen LogP contribution is -2.55. The molecule has 0 unspecified atom stereocenters. The van der Waals surface area contributed by atoms with E-state index in [0.717, 1.165) is 25.5 Å². The van der Waals surface area contributed by atoms with Gasteiger partial charge in [0.2, 0.25) is 27.7 Å². The first kappa shape index (κ1) is 38.5. The number of carbonyl (C=O) groups excluding carboxylic acids is 5. The van der Waals surface area contributed by atoms with Crippen LogP contribution in [0.25, 0.3) is 5.69 Å². The molecule has 2 aromatic rings. The predicted octanol–water partition coefficient (Wildman–Crippen LogP) is 0.181. The van der Waals surface area contributed by atoms with Crippen molar-refractivity contribution in [3.63, 3.8) is 0 Å². The summed E-state index contributed by atoms with van der Waals surface area (Å²) in [5.41, 5.74) is 0.419. The Kier molecular flexibility index (Phi) is 13.1. The van der Waals surface area contributed by atoms with Crippen molar-refractivity contribution in [2.45, 2.75) is 63.6 Å². The number of nitrogens with zero attached hydrogens (tertiary/aromatic N) is 5. The number of rotatable bonds is 15. The van der Waals surface area contributed by atoms with E-state index in [1.54, 1.807) is 37.3 Å². The number of likely N-dealkylation sites (tertiary alicyclic amines) is 1. The number of ether oxygens (including phenoxy) is 2. The maximum atomic E-state index is 13.7. The van der Waals surface area contributed by atoms with Crippen LogP contribution in [0.15, 0.2) is 36.4 Å². The first-order valence-corrected chi connectivity index (χ1v) is 19.3. The molecule has 1 aromatic carbocycles. The zero-order valence-electron chi connectivity index (χ0n) is 29.3. The van der Waals surface area contributed by atoms with E-state index in [4.69, 9.17) is 14.3 Å². The second-order valence-electron chi connectivity index (χ2n) is 12.8. The van der Waals surface area contributed by atoms with Crippen molar-refractivity contribution in [3.05, 3.63) is 42.1 Å². The van der Waals surface area contributed by atoms with E-state index < -0.39 is 46.7 Å². The van der Waals surface area contributed by atoms with Gasteiger partial charge in [0.05, 0.1) is 31.6 Å². The minimum atomic E-state index is -3.58. The number of hydroxylamine groups is 2. The molecule has 0 spiro atoms. The highest BCUT2D eigenvalue weighted by molar-refractivity contribution is 7.88. The van der Waals surface area contributed by atoms with Gasteiger partial charge in [-0.1, -0.05) is 18.2 Å². The Labute approximate surface area is 302 Å². The Bertz CT molecular complexity index is 1690. The highest BCUT2D eigenvalue weighted by Gasteiger charge is 2.36. The Hall–Kier alpha value is -4.75. The van der Waals surface area contributed by atoms with Crippen molar-refractivity contribution in [2.75, 3.05) is 58.7 Å². The van der Waals surface area contributed by atoms with Crippen LogP contribution in [0.4, 0.5) is 4.79 Å². The van der Waals surface area contributed by atoms with E-state index in [0.29, 0.717) is 25.1 Å². The Morgan fingerprint density at radius 2 is 1.71 bits per heavy atom. The Morgan fingerprint density at radius 1 is 0.981 bits per heavy atom. The number of hydrogen-bond donors (Lipinski definition) is 3. The fraction of sp³-hybridized carbons (Fsp3) is 0.576. The fourth-order valence-electron chi connectivity index (χ4n) is 6.09. The van der Waals surface area contributed by atoms with Crippen LogP contribution < -0.4 is 20.1 Å². The summed E-state index contributed by atoms with van der Waals surface area (Å²) in [4.78, 5) is 73.4. The zero-order valence-corrected chi connectivity index (χ0v) is 30.1. The van der Waals surface area contributed by atoms with Gasteiger partial charge in [-0.2, -0.15) is 5.10 Å². The summed E-state index contributed by atoms with van der Waals surface area (Å²) < 4.78 is 37.9. The molecule has 3 aliphatic rings. The molecule has 4 amide bonds. The summed E-state index contributed by atoms with van der Waals surface area (Å²) in [6, 6.07) is 8.59. The number of benzene rings is 1. The van der Waals surface area contributed by atoms with Crippen molar-refractivity contribution in [3.8, 4) is 11.6 Å². The molecule has 3 fully saturated rings. The van der Waals surface area contributed by atoms with Crippen LogP contribution in [0, 0.1) is 0 Å². The van der Waals surface area contributed by atoms with E-state index in [1.807, 2.05) is 0 Å². The van der Waals surface area contributed by atoms with Gasteiger partial charge < -0.3 is 34.7 Å². The minimum absolute atomic E-state index is 0.0697. The lowest BCUT2D eigenvalue weighted by molar-refractivity contribution is -0.157. The third kappa shape index (κ3) is 10.4. The fourth-order valence-corrected chi connectivity index (χ4v) is 6.57. The van der Waals surface area contributed by atoms with Gasteiger partial charge in [0.1, 0.15) is 12.1 Å². The SMILES string of the molecule is CCOC(=O)ON1CCN(C(=O)[C@H](CCNS(C)(=O)=O)NC(=O)c2cc(OCC(=O)N3CCC[C@H]3C(=O)NC3CCC3)n(-c3ccccc3)n2)CC1. The van der Waals surface area contributed by atoms with Crippen LogP contribution in [0.5, 0.6) is 5.88 Å². The molecule has 284 valence electrons. The Morgan fingerprint density at radius 3 is 2.37 bits per heavy atom. The van der Waals surface area contributed by atoms with Crippen molar-refractivity contribution in [1.82, 2.24) is 40.0 Å². The van der Waals surface area contributed by atoms with Gasteiger partial charge in [-0.15, -0.1) is 5.06 Å². The molecule has 2 saturated heterocycles. The topological polar surface area (TPSA) is 211 Å². The van der Waals surface area contributed by atoms with Gasteiger partial charge >= 0.3 is 6.16 Å². The van der Waals surface area contributed by atoms with E-state index in [9.17, 15) is 32.4 Å². The van der Waals surface area contributed by atoms with Crippen LogP contribution in [0.3, 0.4) is 0 Å². The van der Waals surface area contributed by atoms with Crippen LogP contribution in [0.1, 0.15) is 55.9 Å². The molecule has 52 heavy (non-hydrogen) atoms. The lowest BCUT2D eigenvalue weighted by atomic mass is 9.93. The standard InChI is InChI=1S/C33H46N8O10S/c1-3-49-33(46)51-39-19-17-38(18-20-39)32(45)25(14-15-34-52(2,47)48)36-30(43)26-21-29(41(37-26)24-11-5-4-6-12-24)50-22-28(42)40-16-8-13-27(40)31(44)35-23-9-7-10-23/h4-6,11-12,21,23,25,27,34H,3,7-10,13-20,22H2,1-2H3,(H,35,44)(H,36,43)/t25-,27-/m0/s1. The van der Waals surface area contributed by atoms with E-state index in [2.05, 4.69) is 20.5 Å². The summed E-state index contributed by atoms with van der Waals surface area (Å²) in [7, 11) is -3.58. The molecular formula is C33H46N8O10S. The number of aromatic nitrogens is 2. The first-order chi connectivity index (χ1) is 24.9. The maximum absolute atomic E-state index is 13.7. The molecule has 1 saturated carbocycles. The van der Waals surface area contributed by atoms with Crippen LogP contribution in [0.2, 0.25) is 0 Å². The minimum Gasteiger partial charge on any atom is -0.467 e. The third-order valence-corrected chi connectivity index (χ3v) is 9.73. The normalized spacial score (nSPS) is 18.6. The molecular weight excluding hydrogens is 700 g/mol. The number of carbonyl (C=O) groups is 5. The van der Waals surface area contributed by atoms with Crippen LogP contribution >= 0.6 is 0 Å². The van der Waals surface area contributed by atoms with Crippen molar-refractivity contribution in [2.24, 2.45) is 0 Å². The maximum Gasteiger partial charge on any atom is 0.527 e. The Balaban J connectivity index is 1.27. The van der Waals surface area contributed by atoms with E-state index in [-0.39, 0.29) is 75.2 Å². The molecule has 3 heterocycles. The summed E-state index contributed by atoms with van der Waals surface area (Å²) in [5.74, 6) is -1.66. The van der Waals surface area contributed by atoms with E-state index in [1.165, 1.54) is 25.6 Å². The molecule has 0 radical (unpaired) electrons. The van der Waals surface area contributed by atoms with Gasteiger partial charge in [0.25, 0.3) is 11.8 Å². The van der Waals surface area contributed by atoms with Crippen molar-refractivity contribution in [1.29, 1.82) is 0 Å². The van der Waals surface area contributed by atoms with Gasteiger partial charge in [-0.05, 0) is 57.6 Å². The molecule has 1 aliphatic carbocycles. The number of sulfonamides is 1. The zero-order chi connectivity index (χ0) is 37.3. The average Bonchev–Trinajstić information content (AvgIpc) is 3.77. The van der Waals surface area contributed by atoms with Crippen LogP contribution in [-0.2, 0) is 34.0 Å². The summed E-state index contributed by atoms with van der Waals surface area (Å²) in [5, 5.41) is 11.5. The largest absolute Gasteiger partial charge is 0.527 e. The number of amides is 4. The monoisotopic (exact) mass is 746 g/mol. The van der Waals surface area contributed by atoms with E-state index >= 15 is 0 Å². The molecule has 19 heteroatoms. The number of piperazine rings is 1. The summed E-state index contributed by atoms with van der Waals surface area (Å²) >= 11 is 0. The lowest BCUT2D eigenvalue weighted by Gasteiger charge is -2.35. The van der Waals surface area contributed by atoms with Crippen molar-refractivity contribution < 1.29 is 46.7 Å². The van der Waals surface area contributed by atoms with Gasteiger partial charge in [0, 0.05) is 38.3 Å². The van der Waals surface area contributed by atoms with Crippen molar-refractivity contribution >= 4 is 39.8 Å². The second-order valence-corrected chi connectivity index (χ2v) is 14.6. The molecule has 0 bridgehead atoms.